The average molecular weight is 352 g/mol. The average Bonchev–Trinajstić information content (AvgIpc) is 2.06. The molecule has 1 aromatic rings. The first-order valence-corrected chi connectivity index (χ1v) is 6.03. The molecule has 0 radical (unpaired) electrons. The molecule has 0 bridgehead atoms. The van der Waals surface area contributed by atoms with Crippen LogP contribution in [0.15, 0.2) is 11.1 Å². The first-order valence-electron chi connectivity index (χ1n) is 3.40. The predicted molar refractivity (Wildman–Crippen MR) is 53.2 cm³/mol. The van der Waals surface area contributed by atoms with Crippen LogP contribution in [0.5, 0.6) is 0 Å². The van der Waals surface area contributed by atoms with Crippen molar-refractivity contribution in [1.82, 2.24) is 4.98 Å². The Balaban J connectivity index is 3.52. The second kappa shape index (κ2) is 4.22. The Labute approximate surface area is 96.9 Å². The van der Waals surface area contributed by atoms with E-state index in [1.807, 2.05) is 0 Å². The smallest absolute Gasteiger partial charge is 0.233 e. The van der Waals surface area contributed by atoms with Gasteiger partial charge in [-0.1, -0.05) is 0 Å². The molecular weight excluding hydrogens is 348 g/mol. The third kappa shape index (κ3) is 2.78. The standard InChI is InChI=1S/C6H4F3IN2O2S/c7-2-1-3(5(8)9)12-6(4(2)10)15(11,13)14/h1,5H,(H2,11,13,14). The van der Waals surface area contributed by atoms with Gasteiger partial charge in [-0.25, -0.2) is 31.7 Å². The molecule has 0 aromatic carbocycles. The molecule has 0 saturated carbocycles. The highest BCUT2D eigenvalue weighted by Gasteiger charge is 2.22. The van der Waals surface area contributed by atoms with Gasteiger partial charge in [-0.05, 0) is 22.6 Å². The van der Waals surface area contributed by atoms with Gasteiger partial charge in [0.2, 0.25) is 0 Å². The number of pyridine rings is 1. The van der Waals surface area contributed by atoms with E-state index in [4.69, 9.17) is 0 Å². The van der Waals surface area contributed by atoms with Gasteiger partial charge >= 0.3 is 0 Å². The molecule has 0 aliphatic heterocycles. The quantitative estimate of drug-likeness (QED) is 0.818. The molecule has 4 nitrogen and oxygen atoms in total. The van der Waals surface area contributed by atoms with E-state index < -0.39 is 36.6 Å². The Kier molecular flexibility index (Phi) is 3.55. The van der Waals surface area contributed by atoms with Gasteiger partial charge < -0.3 is 0 Å². The summed E-state index contributed by atoms with van der Waals surface area (Å²) in [4.78, 5) is 3.09. The number of rotatable bonds is 2. The molecule has 9 heteroatoms. The lowest BCUT2D eigenvalue weighted by Gasteiger charge is -2.05. The van der Waals surface area contributed by atoms with Gasteiger partial charge in [-0.3, -0.25) is 0 Å². The van der Waals surface area contributed by atoms with Crippen molar-refractivity contribution in [2.24, 2.45) is 5.14 Å². The van der Waals surface area contributed by atoms with Crippen LogP contribution in [0, 0.1) is 9.39 Å². The summed E-state index contributed by atoms with van der Waals surface area (Å²) in [5, 5.41) is 3.81. The van der Waals surface area contributed by atoms with Crippen molar-refractivity contribution in [2.45, 2.75) is 11.5 Å². The zero-order valence-electron chi connectivity index (χ0n) is 6.92. The van der Waals surface area contributed by atoms with E-state index in [2.05, 4.69) is 10.1 Å². The lowest BCUT2D eigenvalue weighted by Crippen LogP contribution is -2.17. The van der Waals surface area contributed by atoms with Gasteiger partial charge in [0.25, 0.3) is 16.4 Å². The monoisotopic (exact) mass is 352 g/mol. The summed E-state index contributed by atoms with van der Waals surface area (Å²) in [5.41, 5.74) is -0.961. The highest BCUT2D eigenvalue weighted by Crippen LogP contribution is 2.24. The number of hydrogen-bond acceptors (Lipinski definition) is 3. The van der Waals surface area contributed by atoms with Crippen LogP contribution in [0.2, 0.25) is 0 Å². The predicted octanol–water partition coefficient (Wildman–Crippen LogP) is 1.41. The molecule has 0 saturated heterocycles. The van der Waals surface area contributed by atoms with E-state index in [1.165, 1.54) is 22.6 Å². The van der Waals surface area contributed by atoms with Crippen molar-refractivity contribution in [2.75, 3.05) is 0 Å². The topological polar surface area (TPSA) is 73.1 Å². The first-order chi connectivity index (χ1) is 6.73. The van der Waals surface area contributed by atoms with Crippen LogP contribution in [-0.4, -0.2) is 13.4 Å². The lowest BCUT2D eigenvalue weighted by atomic mass is 10.3. The van der Waals surface area contributed by atoms with Crippen molar-refractivity contribution in [3.05, 3.63) is 21.1 Å². The maximum atomic E-state index is 13.0. The fourth-order valence-corrected chi connectivity index (χ4v) is 2.57. The maximum Gasteiger partial charge on any atom is 0.280 e. The maximum absolute atomic E-state index is 13.0. The normalized spacial score (nSPS) is 12.1. The third-order valence-electron chi connectivity index (χ3n) is 1.40. The number of hydrogen-bond donors (Lipinski definition) is 1. The molecule has 0 unspecified atom stereocenters. The Morgan fingerprint density at radius 1 is 1.47 bits per heavy atom. The van der Waals surface area contributed by atoms with Crippen molar-refractivity contribution >= 4 is 32.6 Å². The van der Waals surface area contributed by atoms with E-state index >= 15 is 0 Å². The lowest BCUT2D eigenvalue weighted by molar-refractivity contribution is 0.144. The molecule has 1 heterocycles. The molecule has 0 amide bonds. The summed E-state index contributed by atoms with van der Waals surface area (Å²) in [6.45, 7) is 0. The van der Waals surface area contributed by atoms with Crippen molar-refractivity contribution in [1.29, 1.82) is 0 Å². The highest BCUT2D eigenvalue weighted by atomic mass is 127. The molecule has 1 aromatic heterocycles. The molecule has 0 aliphatic rings. The Morgan fingerprint density at radius 2 is 2.00 bits per heavy atom. The second-order valence-corrected chi connectivity index (χ2v) is 5.05. The molecule has 84 valence electrons. The van der Waals surface area contributed by atoms with Crippen LogP contribution in [0.4, 0.5) is 13.2 Å². The van der Waals surface area contributed by atoms with E-state index in [9.17, 15) is 21.6 Å². The van der Waals surface area contributed by atoms with Gasteiger partial charge in [0.15, 0.2) is 5.03 Å². The number of halogens is 4. The number of primary sulfonamides is 1. The third-order valence-corrected chi connectivity index (χ3v) is 3.62. The summed E-state index contributed by atoms with van der Waals surface area (Å²) in [5.74, 6) is -1.09. The molecule has 0 fully saturated rings. The van der Waals surface area contributed by atoms with Crippen LogP contribution >= 0.6 is 22.6 Å². The van der Waals surface area contributed by atoms with E-state index in [0.717, 1.165) is 0 Å². The highest BCUT2D eigenvalue weighted by molar-refractivity contribution is 14.1. The zero-order valence-corrected chi connectivity index (χ0v) is 9.89. The van der Waals surface area contributed by atoms with Crippen molar-refractivity contribution in [3.63, 3.8) is 0 Å². The summed E-state index contributed by atoms with van der Waals surface area (Å²) >= 11 is 1.33. The number of aromatic nitrogens is 1. The van der Waals surface area contributed by atoms with Crippen LogP contribution in [0.3, 0.4) is 0 Å². The molecule has 0 aliphatic carbocycles. The number of sulfonamides is 1. The first kappa shape index (κ1) is 12.6. The Bertz CT molecular complexity index is 491. The van der Waals surface area contributed by atoms with Gasteiger partial charge in [-0.2, -0.15) is 0 Å². The Hall–Kier alpha value is -0.420. The molecule has 0 atom stereocenters. The zero-order chi connectivity index (χ0) is 11.8. The summed E-state index contributed by atoms with van der Waals surface area (Å²) in [6.07, 6.45) is -3.06. The second-order valence-electron chi connectivity index (χ2n) is 2.49. The van der Waals surface area contributed by atoms with E-state index in [-0.39, 0.29) is 0 Å². The fraction of sp³-hybridized carbons (Fsp3) is 0.167. The molecular formula is C6H4F3IN2O2S. The molecule has 2 N–H and O–H groups in total. The number of nitrogens with zero attached hydrogens (tertiary/aromatic N) is 1. The Morgan fingerprint density at radius 3 is 2.40 bits per heavy atom. The van der Waals surface area contributed by atoms with Crippen molar-refractivity contribution in [3.8, 4) is 0 Å². The van der Waals surface area contributed by atoms with E-state index in [1.54, 1.807) is 0 Å². The summed E-state index contributed by atoms with van der Waals surface area (Å²) in [7, 11) is -4.30. The molecule has 15 heavy (non-hydrogen) atoms. The van der Waals surface area contributed by atoms with Crippen molar-refractivity contribution < 1.29 is 21.6 Å². The summed E-state index contributed by atoms with van der Waals surface area (Å²) in [6, 6.07) is 0.473. The molecule has 1 rings (SSSR count). The van der Waals surface area contributed by atoms with Crippen LogP contribution in [0.25, 0.3) is 0 Å². The van der Waals surface area contributed by atoms with Gasteiger partial charge in [0, 0.05) is 6.07 Å². The van der Waals surface area contributed by atoms with Crippen LogP contribution in [-0.2, 0) is 10.0 Å². The fourth-order valence-electron chi connectivity index (χ4n) is 0.794. The minimum Gasteiger partial charge on any atom is -0.233 e. The number of nitrogens with two attached hydrogens (primary N) is 1. The minimum atomic E-state index is -4.30. The number of alkyl halides is 2. The SMILES string of the molecule is NS(=O)(=O)c1nc(C(F)F)cc(F)c1I. The molecule has 0 spiro atoms. The van der Waals surface area contributed by atoms with Gasteiger partial charge in [-0.15, -0.1) is 0 Å². The summed E-state index contributed by atoms with van der Waals surface area (Å²) < 4.78 is 58.7. The minimum absolute atomic E-state index is 0.403. The largest absolute Gasteiger partial charge is 0.280 e. The van der Waals surface area contributed by atoms with Crippen LogP contribution < -0.4 is 5.14 Å². The van der Waals surface area contributed by atoms with Crippen LogP contribution in [0.1, 0.15) is 12.1 Å². The van der Waals surface area contributed by atoms with E-state index in [0.29, 0.717) is 6.07 Å². The van der Waals surface area contributed by atoms with Gasteiger partial charge in [0.1, 0.15) is 11.5 Å². The van der Waals surface area contributed by atoms with Gasteiger partial charge in [0.05, 0.1) is 3.57 Å².